The number of carbonyl (C=O) groups is 1. The maximum atomic E-state index is 13.1. The highest BCUT2D eigenvalue weighted by Crippen LogP contribution is 2.29. The van der Waals surface area contributed by atoms with E-state index >= 15 is 0 Å². The first-order valence-electron chi connectivity index (χ1n) is 9.38. The van der Waals surface area contributed by atoms with Crippen LogP contribution in [0.4, 0.5) is 10.1 Å². The van der Waals surface area contributed by atoms with E-state index in [1.807, 2.05) is 12.1 Å². The molecule has 6 nitrogen and oxygen atoms in total. The Labute approximate surface area is 195 Å². The van der Waals surface area contributed by atoms with Gasteiger partial charge in [-0.15, -0.1) is 0 Å². The minimum absolute atomic E-state index is 0.0215. The van der Waals surface area contributed by atoms with Crippen LogP contribution in [0.2, 0.25) is 10.0 Å². The molecule has 32 heavy (non-hydrogen) atoms. The summed E-state index contributed by atoms with van der Waals surface area (Å²) in [6.07, 6.45) is 0.437. The predicted molar refractivity (Wildman–Crippen MR) is 123 cm³/mol. The van der Waals surface area contributed by atoms with E-state index in [1.54, 1.807) is 19.2 Å². The number of hydrogen-bond acceptors (Lipinski definition) is 4. The van der Waals surface area contributed by atoms with Crippen molar-refractivity contribution in [1.82, 2.24) is 4.72 Å². The SMILES string of the molecule is COc1ccc(CCNS(=O)(=O)c2cc(C(=O)Nc3ccc(F)cc3)c(Cl)cc2Cl)cc1. The molecule has 0 aliphatic heterocycles. The van der Waals surface area contributed by atoms with Gasteiger partial charge in [0.25, 0.3) is 5.91 Å². The van der Waals surface area contributed by atoms with Crippen molar-refractivity contribution in [3.63, 3.8) is 0 Å². The van der Waals surface area contributed by atoms with Crippen LogP contribution in [0.15, 0.2) is 65.6 Å². The van der Waals surface area contributed by atoms with Gasteiger partial charge in [0.1, 0.15) is 16.5 Å². The van der Waals surface area contributed by atoms with Crippen molar-refractivity contribution in [2.45, 2.75) is 11.3 Å². The van der Waals surface area contributed by atoms with Gasteiger partial charge in [-0.3, -0.25) is 4.79 Å². The summed E-state index contributed by atoms with van der Waals surface area (Å²) in [7, 11) is -2.46. The van der Waals surface area contributed by atoms with Gasteiger partial charge in [0, 0.05) is 12.2 Å². The molecule has 3 rings (SSSR count). The van der Waals surface area contributed by atoms with E-state index in [0.29, 0.717) is 17.9 Å². The maximum absolute atomic E-state index is 13.1. The van der Waals surface area contributed by atoms with E-state index in [-0.39, 0.29) is 27.0 Å². The van der Waals surface area contributed by atoms with Crippen molar-refractivity contribution in [2.75, 3.05) is 19.0 Å². The van der Waals surface area contributed by atoms with Crippen molar-refractivity contribution < 1.29 is 22.3 Å². The Kier molecular flexibility index (Phi) is 7.73. The molecule has 0 unspecified atom stereocenters. The molecule has 0 bridgehead atoms. The zero-order chi connectivity index (χ0) is 23.3. The molecular weight excluding hydrogens is 478 g/mol. The van der Waals surface area contributed by atoms with Crippen molar-refractivity contribution in [3.05, 3.63) is 87.7 Å². The lowest BCUT2D eigenvalue weighted by Crippen LogP contribution is -2.26. The summed E-state index contributed by atoms with van der Waals surface area (Å²) in [5, 5.41) is 2.40. The highest BCUT2D eigenvalue weighted by molar-refractivity contribution is 7.89. The molecule has 1 amide bonds. The fraction of sp³-hybridized carbons (Fsp3) is 0.136. The number of ether oxygens (including phenoxy) is 1. The summed E-state index contributed by atoms with van der Waals surface area (Å²) < 4.78 is 46.2. The number of carbonyl (C=O) groups excluding carboxylic acids is 1. The molecule has 2 N–H and O–H groups in total. The first kappa shape index (κ1) is 24.0. The number of nitrogens with one attached hydrogen (secondary N) is 2. The van der Waals surface area contributed by atoms with Crippen LogP contribution >= 0.6 is 23.2 Å². The number of benzene rings is 3. The van der Waals surface area contributed by atoms with E-state index in [1.165, 1.54) is 30.3 Å². The molecule has 0 radical (unpaired) electrons. The zero-order valence-electron chi connectivity index (χ0n) is 16.9. The van der Waals surface area contributed by atoms with Gasteiger partial charge in [-0.2, -0.15) is 0 Å². The number of hydrogen-bond donors (Lipinski definition) is 2. The Hall–Kier alpha value is -2.65. The lowest BCUT2D eigenvalue weighted by molar-refractivity contribution is 0.102. The number of rotatable bonds is 8. The van der Waals surface area contributed by atoms with E-state index < -0.39 is 21.7 Å². The van der Waals surface area contributed by atoms with Crippen molar-refractivity contribution in [3.8, 4) is 5.75 Å². The summed E-state index contributed by atoms with van der Waals surface area (Å²) in [6.45, 7) is 0.116. The molecule has 0 heterocycles. The van der Waals surface area contributed by atoms with Gasteiger partial charge < -0.3 is 10.1 Å². The normalized spacial score (nSPS) is 11.2. The smallest absolute Gasteiger partial charge is 0.257 e. The van der Waals surface area contributed by atoms with Crippen LogP contribution in [-0.2, 0) is 16.4 Å². The zero-order valence-corrected chi connectivity index (χ0v) is 19.2. The molecule has 0 fully saturated rings. The van der Waals surface area contributed by atoms with Crippen LogP contribution in [0.3, 0.4) is 0 Å². The number of amides is 1. The fourth-order valence-electron chi connectivity index (χ4n) is 2.84. The standard InChI is InChI=1S/C22H19Cl2FN2O4S/c1-31-17-8-2-14(3-9-17)10-11-26-32(29,30)21-12-18(19(23)13-20(21)24)22(28)27-16-6-4-15(25)5-7-16/h2-9,12-13,26H,10-11H2,1H3,(H,27,28). The van der Waals surface area contributed by atoms with E-state index in [9.17, 15) is 17.6 Å². The van der Waals surface area contributed by atoms with Crippen LogP contribution in [0.5, 0.6) is 5.75 Å². The third kappa shape index (κ3) is 5.98. The molecule has 0 aromatic heterocycles. The number of halogens is 3. The van der Waals surface area contributed by atoms with Crippen molar-refractivity contribution in [2.24, 2.45) is 0 Å². The number of methoxy groups -OCH3 is 1. The second-order valence-corrected chi connectivity index (χ2v) is 9.27. The van der Waals surface area contributed by atoms with Crippen molar-refractivity contribution in [1.29, 1.82) is 0 Å². The van der Waals surface area contributed by atoms with Crippen LogP contribution in [-0.4, -0.2) is 28.0 Å². The third-order valence-electron chi connectivity index (χ3n) is 4.52. The van der Waals surface area contributed by atoms with Crippen LogP contribution in [0.1, 0.15) is 15.9 Å². The molecule has 0 spiro atoms. The lowest BCUT2D eigenvalue weighted by atomic mass is 10.1. The first-order valence-corrected chi connectivity index (χ1v) is 11.6. The van der Waals surface area contributed by atoms with Gasteiger partial charge in [-0.25, -0.2) is 17.5 Å². The minimum Gasteiger partial charge on any atom is -0.497 e. The summed E-state index contributed by atoms with van der Waals surface area (Å²) in [5.41, 5.74) is 1.15. The largest absolute Gasteiger partial charge is 0.497 e. The number of sulfonamides is 1. The molecule has 10 heteroatoms. The average molecular weight is 497 g/mol. The molecule has 0 saturated carbocycles. The minimum atomic E-state index is -4.02. The topological polar surface area (TPSA) is 84.5 Å². The summed E-state index contributed by atoms with van der Waals surface area (Å²) in [6, 6.07) is 14.6. The van der Waals surface area contributed by atoms with Gasteiger partial charge in [-0.1, -0.05) is 35.3 Å². The Balaban J connectivity index is 1.75. The molecule has 0 saturated heterocycles. The van der Waals surface area contributed by atoms with Gasteiger partial charge in [0.15, 0.2) is 0 Å². The second kappa shape index (κ2) is 10.3. The van der Waals surface area contributed by atoms with Gasteiger partial charge in [0.2, 0.25) is 10.0 Å². The Morgan fingerprint density at radius 1 is 1.00 bits per heavy atom. The summed E-state index contributed by atoms with van der Waals surface area (Å²) in [4.78, 5) is 12.3. The quantitative estimate of drug-likeness (QED) is 0.463. The van der Waals surface area contributed by atoms with Crippen molar-refractivity contribution >= 4 is 44.8 Å². The second-order valence-electron chi connectivity index (χ2n) is 6.72. The average Bonchev–Trinajstić information content (AvgIpc) is 2.75. The molecule has 0 aliphatic rings. The molecule has 0 aliphatic carbocycles. The third-order valence-corrected chi connectivity index (χ3v) is 6.76. The van der Waals surface area contributed by atoms with Gasteiger partial charge >= 0.3 is 0 Å². The van der Waals surface area contributed by atoms with Crippen LogP contribution < -0.4 is 14.8 Å². The van der Waals surface area contributed by atoms with Gasteiger partial charge in [0.05, 0.1) is 22.7 Å². The maximum Gasteiger partial charge on any atom is 0.257 e. The van der Waals surface area contributed by atoms with Crippen LogP contribution in [0.25, 0.3) is 0 Å². The van der Waals surface area contributed by atoms with Crippen LogP contribution in [0, 0.1) is 5.82 Å². The Bertz CT molecular complexity index is 1220. The van der Waals surface area contributed by atoms with E-state index in [4.69, 9.17) is 27.9 Å². The molecular formula is C22H19Cl2FN2O4S. The molecule has 0 atom stereocenters. The van der Waals surface area contributed by atoms with Gasteiger partial charge in [-0.05, 0) is 60.5 Å². The molecule has 168 valence electrons. The molecule has 3 aromatic carbocycles. The Morgan fingerprint density at radius 2 is 1.66 bits per heavy atom. The Morgan fingerprint density at radius 3 is 2.28 bits per heavy atom. The highest BCUT2D eigenvalue weighted by Gasteiger charge is 2.22. The molecule has 3 aromatic rings. The first-order chi connectivity index (χ1) is 15.2. The van der Waals surface area contributed by atoms with E-state index in [0.717, 1.165) is 11.6 Å². The van der Waals surface area contributed by atoms with E-state index in [2.05, 4.69) is 10.0 Å². The summed E-state index contributed by atoms with van der Waals surface area (Å²) in [5.74, 6) is -0.414. The highest BCUT2D eigenvalue weighted by atomic mass is 35.5. The number of anilines is 1. The predicted octanol–water partition coefficient (Wildman–Crippen LogP) is 4.91. The monoisotopic (exact) mass is 496 g/mol. The lowest BCUT2D eigenvalue weighted by Gasteiger charge is -2.12. The fourth-order valence-corrected chi connectivity index (χ4v) is 4.73. The summed E-state index contributed by atoms with van der Waals surface area (Å²) >= 11 is 12.2.